The van der Waals surface area contributed by atoms with Crippen LogP contribution < -0.4 is 5.72 Å². The first-order chi connectivity index (χ1) is 6.77. The number of nitrogens with one attached hydrogen (secondary N) is 1. The number of nitrogens with two attached hydrogens (primary N) is 1. The van der Waals surface area contributed by atoms with Crippen molar-refractivity contribution < 1.29 is 2.82 Å². The van der Waals surface area contributed by atoms with Crippen molar-refractivity contribution in [1.82, 2.24) is 4.98 Å². The molecule has 0 spiro atoms. The summed E-state index contributed by atoms with van der Waals surface area (Å²) in [5, 5.41) is 1.19. The van der Waals surface area contributed by atoms with Gasteiger partial charge in [-0.25, -0.2) is 0 Å². The molecule has 1 heterocycles. The molecular formula is C10H12N2. The van der Waals surface area contributed by atoms with Crippen molar-refractivity contribution in [3.63, 3.8) is 0 Å². The largest absolute Gasteiger partial charge is 0.361 e. The van der Waals surface area contributed by atoms with Crippen LogP contribution in [0.15, 0.2) is 30.5 Å². The highest BCUT2D eigenvalue weighted by molar-refractivity contribution is 5.82. The summed E-state index contributed by atoms with van der Waals surface area (Å²) in [5.74, 6) is 0. The van der Waals surface area contributed by atoms with Gasteiger partial charge < -0.3 is 10.7 Å². The van der Waals surface area contributed by atoms with Gasteiger partial charge in [0, 0.05) is 17.1 Å². The molecule has 0 atom stereocenters. The van der Waals surface area contributed by atoms with Crippen LogP contribution in [0.3, 0.4) is 0 Å². The fourth-order valence-electron chi connectivity index (χ4n) is 1.46. The third kappa shape index (κ3) is 1.10. The van der Waals surface area contributed by atoms with Gasteiger partial charge >= 0.3 is 0 Å². The maximum Gasteiger partial charge on any atom is 0.118 e. The molecule has 0 radical (unpaired) electrons. The SMILES string of the molecule is [2H]N([2H])CCc1c[nH]c2ccccc12. The molecule has 0 aliphatic carbocycles. The lowest BCUT2D eigenvalue weighted by molar-refractivity contribution is 0.976. The van der Waals surface area contributed by atoms with E-state index in [1.807, 2.05) is 24.4 Å². The molecule has 2 rings (SSSR count). The second kappa shape index (κ2) is 2.99. The van der Waals surface area contributed by atoms with Gasteiger partial charge in [-0.05, 0) is 24.6 Å². The quantitative estimate of drug-likeness (QED) is 0.708. The molecule has 0 amide bonds. The van der Waals surface area contributed by atoms with E-state index in [1.54, 1.807) is 0 Å². The van der Waals surface area contributed by atoms with Crippen LogP contribution in [0.25, 0.3) is 10.9 Å². The zero-order valence-electron chi connectivity index (χ0n) is 8.75. The van der Waals surface area contributed by atoms with E-state index >= 15 is 0 Å². The summed E-state index contributed by atoms with van der Waals surface area (Å²) in [7, 11) is 0. The van der Waals surface area contributed by atoms with Crippen molar-refractivity contribution in [3.8, 4) is 0 Å². The van der Waals surface area contributed by atoms with Crippen LogP contribution in [0.1, 0.15) is 5.56 Å². The molecule has 0 aliphatic heterocycles. The van der Waals surface area contributed by atoms with E-state index in [0.717, 1.165) is 11.9 Å². The maximum atomic E-state index is 6.98. The van der Waals surface area contributed by atoms with Crippen molar-refractivity contribution in [2.24, 2.45) is 5.72 Å². The van der Waals surface area contributed by atoms with E-state index in [0.29, 0.717) is 12.3 Å². The van der Waals surface area contributed by atoms with Gasteiger partial charge in [0.15, 0.2) is 0 Å². The first-order valence-corrected chi connectivity index (χ1v) is 4.07. The topological polar surface area (TPSA) is 41.8 Å². The summed E-state index contributed by atoms with van der Waals surface area (Å²) in [6.07, 6.45) is 2.69. The van der Waals surface area contributed by atoms with Crippen LogP contribution in [0.2, 0.25) is 2.82 Å². The van der Waals surface area contributed by atoms with E-state index in [1.165, 1.54) is 10.9 Å². The van der Waals surface area contributed by atoms with Crippen LogP contribution in [0.4, 0.5) is 0 Å². The summed E-state index contributed by atoms with van der Waals surface area (Å²) in [6, 6.07) is 8.07. The maximum absolute atomic E-state index is 6.98. The molecule has 0 unspecified atom stereocenters. The molecule has 2 heteroatoms. The number of hydrogen-bond donors (Lipinski definition) is 2. The number of fused-ring (bicyclic) bond motifs is 1. The Morgan fingerprint density at radius 2 is 2.33 bits per heavy atom. The fourth-order valence-corrected chi connectivity index (χ4v) is 1.46. The van der Waals surface area contributed by atoms with E-state index in [-0.39, 0.29) is 0 Å². The Labute approximate surface area is 74.3 Å². The summed E-state index contributed by atoms with van der Waals surface area (Å²) in [5.41, 5.74) is 3.00. The molecule has 2 nitrogen and oxygen atoms in total. The fraction of sp³-hybridized carbons (Fsp3) is 0.200. The van der Waals surface area contributed by atoms with Crippen LogP contribution in [-0.4, -0.2) is 11.5 Å². The minimum Gasteiger partial charge on any atom is -0.361 e. The van der Waals surface area contributed by atoms with Gasteiger partial charge in [-0.15, -0.1) is 0 Å². The second-order valence-corrected chi connectivity index (χ2v) is 2.83. The van der Waals surface area contributed by atoms with Gasteiger partial charge in [-0.1, -0.05) is 18.2 Å². The van der Waals surface area contributed by atoms with Gasteiger partial charge in [0.2, 0.25) is 0 Å². The Balaban J connectivity index is 2.25. The molecule has 1 aromatic carbocycles. The number of aromatic amines is 1. The van der Waals surface area contributed by atoms with E-state index in [2.05, 4.69) is 11.1 Å². The Morgan fingerprint density at radius 3 is 3.25 bits per heavy atom. The Kier molecular flexibility index (Phi) is 1.34. The first kappa shape index (κ1) is 5.38. The average Bonchev–Trinajstić information content (AvgIpc) is 2.58. The normalized spacial score (nSPS) is 13.4. The Morgan fingerprint density at radius 1 is 1.42 bits per heavy atom. The molecule has 2 aromatic rings. The zero-order valence-corrected chi connectivity index (χ0v) is 6.75. The molecule has 12 heavy (non-hydrogen) atoms. The van der Waals surface area contributed by atoms with Crippen molar-refractivity contribution in [2.45, 2.75) is 6.42 Å². The lowest BCUT2D eigenvalue weighted by atomic mass is 10.1. The molecule has 1 aromatic heterocycles. The van der Waals surface area contributed by atoms with Crippen molar-refractivity contribution in [2.75, 3.05) is 6.54 Å². The minimum atomic E-state index is 0.432. The lowest BCUT2D eigenvalue weighted by Crippen LogP contribution is -2.01. The highest BCUT2D eigenvalue weighted by Crippen LogP contribution is 2.17. The summed E-state index contributed by atoms with van der Waals surface area (Å²) < 4.78 is 14.0. The number of hydrogen-bond acceptors (Lipinski definition) is 1. The van der Waals surface area contributed by atoms with E-state index < -0.39 is 0 Å². The predicted molar refractivity (Wildman–Crippen MR) is 51.1 cm³/mol. The Hall–Kier alpha value is -1.28. The molecule has 0 saturated heterocycles. The monoisotopic (exact) mass is 162 g/mol. The number of rotatable bonds is 3. The third-order valence-corrected chi connectivity index (χ3v) is 2.06. The molecule has 62 valence electrons. The van der Waals surface area contributed by atoms with Crippen molar-refractivity contribution in [1.29, 1.82) is 0 Å². The Bertz CT molecular complexity index is 423. The summed E-state index contributed by atoms with van der Waals surface area (Å²) in [4.78, 5) is 3.17. The third-order valence-electron chi connectivity index (χ3n) is 2.06. The van der Waals surface area contributed by atoms with Crippen LogP contribution in [-0.2, 0) is 6.42 Å². The van der Waals surface area contributed by atoms with E-state index in [9.17, 15) is 0 Å². The zero-order chi connectivity index (χ0) is 9.97. The summed E-state index contributed by atoms with van der Waals surface area (Å²) in [6.45, 7) is 0.432. The van der Waals surface area contributed by atoms with Crippen LogP contribution in [0.5, 0.6) is 0 Å². The minimum absolute atomic E-state index is 0.432. The van der Waals surface area contributed by atoms with Gasteiger partial charge in [0.25, 0.3) is 0 Å². The predicted octanol–water partition coefficient (Wildman–Crippen LogP) is 1.67. The number of aromatic nitrogens is 1. The molecule has 0 bridgehead atoms. The highest BCUT2D eigenvalue weighted by Gasteiger charge is 1.99. The standard InChI is InChI=1S/C10H12N2/c11-6-5-8-7-12-10-4-2-1-3-9(8)10/h1-4,7,12H,5-6,11H2/i/hD2. The number of H-pyrrole nitrogens is 1. The number of para-hydroxylation sites is 1. The van der Waals surface area contributed by atoms with Crippen molar-refractivity contribution >= 4 is 10.9 Å². The van der Waals surface area contributed by atoms with Crippen LogP contribution >= 0.6 is 0 Å². The highest BCUT2D eigenvalue weighted by atomic mass is 14.7. The van der Waals surface area contributed by atoms with Gasteiger partial charge in [0.05, 0.1) is 0 Å². The molecular weight excluding hydrogens is 148 g/mol. The molecule has 0 fully saturated rings. The van der Waals surface area contributed by atoms with Gasteiger partial charge in [0.1, 0.15) is 2.82 Å². The number of benzene rings is 1. The lowest BCUT2D eigenvalue weighted by Gasteiger charge is -1.93. The first-order valence-electron chi connectivity index (χ1n) is 4.97. The van der Waals surface area contributed by atoms with E-state index in [4.69, 9.17) is 2.82 Å². The smallest absolute Gasteiger partial charge is 0.118 e. The van der Waals surface area contributed by atoms with Gasteiger partial charge in [-0.3, -0.25) is 0 Å². The summed E-state index contributed by atoms with van der Waals surface area (Å²) >= 11 is 0. The second-order valence-electron chi connectivity index (χ2n) is 2.83. The molecule has 0 aliphatic rings. The van der Waals surface area contributed by atoms with Crippen LogP contribution in [0, 0.1) is 0 Å². The van der Waals surface area contributed by atoms with Crippen molar-refractivity contribution in [3.05, 3.63) is 36.0 Å². The average molecular weight is 162 g/mol. The van der Waals surface area contributed by atoms with Gasteiger partial charge in [-0.2, -0.15) is 0 Å². The molecule has 0 saturated carbocycles. The molecule has 3 N–H and O–H groups in total.